The maximum atomic E-state index is 13.1. The van der Waals surface area contributed by atoms with Crippen LogP contribution in [0.1, 0.15) is 24.0 Å². The summed E-state index contributed by atoms with van der Waals surface area (Å²) in [7, 11) is 7.61. The van der Waals surface area contributed by atoms with Crippen LogP contribution in [0.25, 0.3) is 0 Å². The number of aliphatic imine (C=N–C) groups is 1. The zero-order valence-electron chi connectivity index (χ0n) is 15.6. The molecule has 1 aliphatic rings. The summed E-state index contributed by atoms with van der Waals surface area (Å²) in [6.45, 7) is 1.50. The molecule has 0 bridgehead atoms. The predicted octanol–water partition coefficient (Wildman–Crippen LogP) is 3.85. The number of ether oxygens (including phenoxy) is 1. The lowest BCUT2D eigenvalue weighted by molar-refractivity contribution is -0.137. The van der Waals surface area contributed by atoms with Gasteiger partial charge in [-0.15, -0.1) is 24.0 Å². The Morgan fingerprint density at radius 1 is 1.12 bits per heavy atom. The normalized spacial score (nSPS) is 16.4. The smallest absolute Gasteiger partial charge is 0.381 e. The van der Waals surface area contributed by atoms with Gasteiger partial charge in [0, 0.05) is 46.8 Å². The average Bonchev–Trinajstić information content (AvgIpc) is 2.54. The summed E-state index contributed by atoms with van der Waals surface area (Å²) in [6, 6.07) is 5.65. The topological polar surface area (TPSA) is 28.1 Å². The molecule has 0 radical (unpaired) electrons. The van der Waals surface area contributed by atoms with E-state index in [1.54, 1.807) is 6.07 Å². The number of guanidine groups is 1. The van der Waals surface area contributed by atoms with Gasteiger partial charge in [-0.2, -0.15) is 13.2 Å². The van der Waals surface area contributed by atoms with Crippen molar-refractivity contribution in [2.24, 2.45) is 4.99 Å². The maximum absolute atomic E-state index is 13.1. The van der Waals surface area contributed by atoms with Crippen molar-refractivity contribution >= 4 is 29.9 Å². The molecule has 0 unspecified atom stereocenters. The number of rotatable bonds is 3. The first-order chi connectivity index (χ1) is 11.7. The van der Waals surface area contributed by atoms with E-state index in [1.165, 1.54) is 12.1 Å². The van der Waals surface area contributed by atoms with E-state index in [0.29, 0.717) is 38.2 Å². The van der Waals surface area contributed by atoms with E-state index in [9.17, 15) is 13.2 Å². The van der Waals surface area contributed by atoms with Crippen molar-refractivity contribution in [1.82, 2.24) is 9.80 Å². The molecule has 4 nitrogen and oxygen atoms in total. The first kappa shape index (κ1) is 23.0. The Labute approximate surface area is 170 Å². The van der Waals surface area contributed by atoms with Gasteiger partial charge in [0.25, 0.3) is 0 Å². The third-order valence-electron chi connectivity index (χ3n) is 4.58. The van der Waals surface area contributed by atoms with E-state index in [-0.39, 0.29) is 24.0 Å². The van der Waals surface area contributed by atoms with Crippen molar-refractivity contribution in [2.75, 3.05) is 47.9 Å². The summed E-state index contributed by atoms with van der Waals surface area (Å²) < 4.78 is 44.8. The molecule has 26 heavy (non-hydrogen) atoms. The van der Waals surface area contributed by atoms with Crippen LogP contribution in [0.15, 0.2) is 29.3 Å². The molecule has 0 aromatic heterocycles. The van der Waals surface area contributed by atoms with Crippen LogP contribution in [0.3, 0.4) is 0 Å². The number of alkyl halides is 3. The summed E-state index contributed by atoms with van der Waals surface area (Å²) in [4.78, 5) is 8.52. The van der Waals surface area contributed by atoms with Crippen LogP contribution >= 0.6 is 24.0 Å². The first-order valence-corrected chi connectivity index (χ1v) is 8.30. The van der Waals surface area contributed by atoms with Crippen LogP contribution in [-0.4, -0.2) is 63.7 Å². The fourth-order valence-corrected chi connectivity index (χ4v) is 3.23. The van der Waals surface area contributed by atoms with E-state index >= 15 is 0 Å². The van der Waals surface area contributed by atoms with Crippen LogP contribution in [0, 0.1) is 0 Å². The monoisotopic (exact) mass is 485 g/mol. The van der Waals surface area contributed by atoms with Crippen molar-refractivity contribution in [3.05, 3.63) is 35.4 Å². The summed E-state index contributed by atoms with van der Waals surface area (Å²) >= 11 is 0. The van der Waals surface area contributed by atoms with Gasteiger partial charge in [-0.3, -0.25) is 4.99 Å². The minimum Gasteiger partial charge on any atom is -0.381 e. The van der Waals surface area contributed by atoms with Crippen molar-refractivity contribution in [3.63, 3.8) is 0 Å². The standard InChI is InChI=1S/C18H26F3N3O.HI/c1-23(2)16(24(3)4)22-13-17(8-10-25-11-9-17)14-6-5-7-15(12-14)18(19,20)21;/h5-7,12H,8-11,13H2,1-4H3;1H. The number of halogens is 4. The third-order valence-corrected chi connectivity index (χ3v) is 4.58. The van der Waals surface area contributed by atoms with Crippen LogP contribution in [-0.2, 0) is 16.3 Å². The lowest BCUT2D eigenvalue weighted by atomic mass is 9.74. The molecule has 0 saturated carbocycles. The van der Waals surface area contributed by atoms with Gasteiger partial charge in [0.1, 0.15) is 0 Å². The Balaban J connectivity index is 0.00000338. The molecule has 0 N–H and O–H groups in total. The Hall–Kier alpha value is -1.03. The number of hydrogen-bond acceptors (Lipinski definition) is 2. The molecule has 1 aromatic rings. The molecule has 0 aliphatic carbocycles. The van der Waals surface area contributed by atoms with Gasteiger partial charge in [-0.25, -0.2) is 0 Å². The molecule has 0 amide bonds. The molecule has 1 fully saturated rings. The van der Waals surface area contributed by atoms with Crippen molar-refractivity contribution in [3.8, 4) is 0 Å². The molecule has 2 rings (SSSR count). The predicted molar refractivity (Wildman–Crippen MR) is 108 cm³/mol. The SMILES string of the molecule is CN(C)C(=NCC1(c2cccc(C(F)(F)F)c2)CCOCC1)N(C)C.I. The lowest BCUT2D eigenvalue weighted by Crippen LogP contribution is -2.40. The highest BCUT2D eigenvalue weighted by Gasteiger charge is 2.37. The highest BCUT2D eigenvalue weighted by molar-refractivity contribution is 14.0. The fourth-order valence-electron chi connectivity index (χ4n) is 3.23. The molecular weight excluding hydrogens is 458 g/mol. The quantitative estimate of drug-likeness (QED) is 0.370. The Bertz CT molecular complexity index is 602. The Morgan fingerprint density at radius 2 is 1.69 bits per heavy atom. The minimum absolute atomic E-state index is 0. The molecule has 1 heterocycles. The largest absolute Gasteiger partial charge is 0.416 e. The van der Waals surface area contributed by atoms with Gasteiger partial charge in [0.15, 0.2) is 5.96 Å². The van der Waals surface area contributed by atoms with Crippen LogP contribution in [0.5, 0.6) is 0 Å². The molecule has 0 atom stereocenters. The van der Waals surface area contributed by atoms with Gasteiger partial charge in [0.2, 0.25) is 0 Å². The second kappa shape index (κ2) is 9.25. The van der Waals surface area contributed by atoms with Gasteiger partial charge >= 0.3 is 6.18 Å². The van der Waals surface area contributed by atoms with Gasteiger partial charge < -0.3 is 14.5 Å². The van der Waals surface area contributed by atoms with Gasteiger partial charge in [-0.05, 0) is 24.5 Å². The Morgan fingerprint density at radius 3 is 2.19 bits per heavy atom. The average molecular weight is 485 g/mol. The minimum atomic E-state index is -4.34. The Kier molecular flexibility index (Phi) is 8.19. The maximum Gasteiger partial charge on any atom is 0.416 e. The van der Waals surface area contributed by atoms with Crippen molar-refractivity contribution < 1.29 is 17.9 Å². The second-order valence-electron chi connectivity index (χ2n) is 6.88. The number of benzene rings is 1. The van der Waals surface area contributed by atoms with E-state index in [1.807, 2.05) is 38.0 Å². The zero-order valence-corrected chi connectivity index (χ0v) is 18.0. The third kappa shape index (κ3) is 5.48. The van der Waals surface area contributed by atoms with Crippen molar-refractivity contribution in [2.45, 2.75) is 24.4 Å². The molecule has 148 valence electrons. The van der Waals surface area contributed by atoms with E-state index in [0.717, 1.165) is 12.0 Å². The molecule has 1 aliphatic heterocycles. The summed E-state index contributed by atoms with van der Waals surface area (Å²) in [5.74, 6) is 0.790. The van der Waals surface area contributed by atoms with Crippen molar-refractivity contribution in [1.29, 1.82) is 0 Å². The first-order valence-electron chi connectivity index (χ1n) is 8.30. The van der Waals surface area contributed by atoms with Crippen LogP contribution in [0.4, 0.5) is 13.2 Å². The molecule has 1 aromatic carbocycles. The van der Waals surface area contributed by atoms with Gasteiger partial charge in [-0.1, -0.05) is 18.2 Å². The van der Waals surface area contributed by atoms with E-state index in [2.05, 4.69) is 0 Å². The molecule has 1 saturated heterocycles. The number of hydrogen-bond donors (Lipinski definition) is 0. The second-order valence-corrected chi connectivity index (χ2v) is 6.88. The van der Waals surface area contributed by atoms with E-state index < -0.39 is 17.2 Å². The number of nitrogens with zero attached hydrogens (tertiary/aromatic N) is 3. The molecule has 8 heteroatoms. The highest BCUT2D eigenvalue weighted by atomic mass is 127. The van der Waals surface area contributed by atoms with E-state index in [4.69, 9.17) is 9.73 Å². The van der Waals surface area contributed by atoms with Crippen LogP contribution in [0.2, 0.25) is 0 Å². The molecule has 0 spiro atoms. The zero-order chi connectivity index (χ0) is 18.7. The summed E-state index contributed by atoms with van der Waals surface area (Å²) in [5, 5.41) is 0. The fraction of sp³-hybridized carbons (Fsp3) is 0.611. The lowest BCUT2D eigenvalue weighted by Gasteiger charge is -2.37. The van der Waals surface area contributed by atoms with Crippen LogP contribution < -0.4 is 0 Å². The summed E-state index contributed by atoms with van der Waals surface area (Å²) in [6.07, 6.45) is -3.03. The van der Waals surface area contributed by atoms with Gasteiger partial charge in [0.05, 0.1) is 12.1 Å². The highest BCUT2D eigenvalue weighted by Crippen LogP contribution is 2.38. The molecular formula is C18H27F3IN3O. The summed E-state index contributed by atoms with van der Waals surface area (Å²) in [5.41, 5.74) is -0.358.